The van der Waals surface area contributed by atoms with Crippen LogP contribution < -0.4 is 0 Å². The van der Waals surface area contributed by atoms with Gasteiger partial charge in [-0.05, 0) is 26.1 Å². The van der Waals surface area contributed by atoms with Crippen LogP contribution in [0.3, 0.4) is 0 Å². The van der Waals surface area contributed by atoms with Crippen molar-refractivity contribution in [1.82, 2.24) is 4.90 Å². The third-order valence-corrected chi connectivity index (χ3v) is 2.31. The summed E-state index contributed by atoms with van der Waals surface area (Å²) in [5.74, 6) is 0. The van der Waals surface area contributed by atoms with Gasteiger partial charge in [0.05, 0.1) is 0 Å². The van der Waals surface area contributed by atoms with Crippen LogP contribution in [0.25, 0.3) is 0 Å². The summed E-state index contributed by atoms with van der Waals surface area (Å²) >= 11 is 0. The quantitative estimate of drug-likeness (QED) is 0.625. The van der Waals surface area contributed by atoms with E-state index >= 15 is 0 Å². The number of hydrogen-bond donors (Lipinski definition) is 1. The van der Waals surface area contributed by atoms with Crippen LogP contribution in [-0.4, -0.2) is 43.0 Å². The second kappa shape index (κ2) is 7.86. The zero-order chi connectivity index (χ0) is 13.4. The molecule has 0 atom stereocenters. The normalized spacial score (nSPS) is 12.2. The topological polar surface area (TPSA) is 57.6 Å². The van der Waals surface area contributed by atoms with Crippen molar-refractivity contribution in [3.05, 3.63) is 0 Å². The summed E-state index contributed by atoms with van der Waals surface area (Å²) in [7, 11) is -5.84. The first-order valence-corrected chi connectivity index (χ1v) is 6.30. The van der Waals surface area contributed by atoms with Crippen LogP contribution >= 0.6 is 0 Å². The highest BCUT2D eigenvalue weighted by Gasteiger charge is 2.44. The summed E-state index contributed by atoms with van der Waals surface area (Å²) in [6.07, 6.45) is 1.28. The Labute approximate surface area is 94.2 Å². The van der Waals surface area contributed by atoms with Crippen LogP contribution in [0.5, 0.6) is 0 Å². The minimum atomic E-state index is -5.84. The van der Waals surface area contributed by atoms with E-state index in [1.54, 1.807) is 0 Å². The van der Waals surface area contributed by atoms with Crippen LogP contribution in [0.2, 0.25) is 0 Å². The maximum atomic E-state index is 10.7. The molecule has 8 heteroatoms. The van der Waals surface area contributed by atoms with Crippen LogP contribution in [0.15, 0.2) is 0 Å². The average molecular weight is 265 g/mol. The molecule has 0 aliphatic rings. The number of hydrogen-bond acceptors (Lipinski definition) is 3. The molecule has 0 spiro atoms. The van der Waals surface area contributed by atoms with Gasteiger partial charge in [-0.1, -0.05) is 20.8 Å². The standard InChI is InChI=1S/C7H17N.CHF3O3S/c1-4-7-8(5-2)6-3;2-1(3,4)8(5,6)7/h4-7H2,1-3H3;(H,5,6,7). The van der Waals surface area contributed by atoms with Crippen molar-refractivity contribution in [3.8, 4) is 0 Å². The van der Waals surface area contributed by atoms with E-state index in [4.69, 9.17) is 13.0 Å². The van der Waals surface area contributed by atoms with Gasteiger partial charge in [-0.25, -0.2) is 0 Å². The van der Waals surface area contributed by atoms with Gasteiger partial charge < -0.3 is 4.90 Å². The Hall–Kier alpha value is -0.340. The lowest BCUT2D eigenvalue weighted by atomic mass is 10.4. The SMILES string of the molecule is CCCN(CC)CC.O=S(=O)(O)C(F)(F)F. The highest BCUT2D eigenvalue weighted by atomic mass is 32.2. The van der Waals surface area contributed by atoms with E-state index in [9.17, 15) is 13.2 Å². The van der Waals surface area contributed by atoms with E-state index in [1.165, 1.54) is 26.1 Å². The Kier molecular flexibility index (Phi) is 8.86. The lowest BCUT2D eigenvalue weighted by Crippen LogP contribution is -2.23. The van der Waals surface area contributed by atoms with Gasteiger partial charge in [-0.3, -0.25) is 4.55 Å². The molecular formula is C8H18F3NO3S. The minimum absolute atomic E-state index is 1.20. The van der Waals surface area contributed by atoms with Crippen molar-refractivity contribution in [2.45, 2.75) is 32.7 Å². The number of rotatable bonds is 4. The Morgan fingerprint density at radius 3 is 1.50 bits per heavy atom. The maximum absolute atomic E-state index is 10.7. The molecule has 0 aromatic rings. The predicted molar refractivity (Wildman–Crippen MR) is 55.7 cm³/mol. The third-order valence-electron chi connectivity index (χ3n) is 1.73. The van der Waals surface area contributed by atoms with Gasteiger partial charge in [0, 0.05) is 0 Å². The second-order valence-electron chi connectivity index (χ2n) is 2.95. The van der Waals surface area contributed by atoms with Crippen LogP contribution in [0.4, 0.5) is 13.2 Å². The van der Waals surface area contributed by atoms with Gasteiger partial charge in [-0.15, -0.1) is 0 Å². The molecule has 0 amide bonds. The average Bonchev–Trinajstić information content (AvgIpc) is 2.12. The Morgan fingerprint density at radius 2 is 1.44 bits per heavy atom. The third kappa shape index (κ3) is 8.93. The highest BCUT2D eigenvalue weighted by Crippen LogP contribution is 2.20. The van der Waals surface area contributed by atoms with Crippen LogP contribution in [-0.2, 0) is 10.1 Å². The first-order valence-electron chi connectivity index (χ1n) is 4.86. The summed E-state index contributed by atoms with van der Waals surface area (Å²) in [5.41, 5.74) is -5.53. The minimum Gasteiger partial charge on any atom is -0.304 e. The summed E-state index contributed by atoms with van der Waals surface area (Å²) in [6.45, 7) is 10.3. The fourth-order valence-electron chi connectivity index (χ4n) is 0.856. The molecule has 0 unspecified atom stereocenters. The van der Waals surface area contributed by atoms with Crippen molar-refractivity contribution in [3.63, 3.8) is 0 Å². The lowest BCUT2D eigenvalue weighted by Gasteiger charge is -2.15. The second-order valence-corrected chi connectivity index (χ2v) is 4.36. The molecule has 16 heavy (non-hydrogen) atoms. The fraction of sp³-hybridized carbons (Fsp3) is 1.00. The number of alkyl halides is 3. The molecule has 0 rings (SSSR count). The summed E-state index contributed by atoms with van der Waals surface area (Å²) < 4.78 is 57.5. The molecule has 0 fully saturated rings. The Balaban J connectivity index is 0. The van der Waals surface area contributed by atoms with Crippen LogP contribution in [0.1, 0.15) is 27.2 Å². The van der Waals surface area contributed by atoms with Crippen molar-refractivity contribution >= 4 is 10.1 Å². The summed E-state index contributed by atoms with van der Waals surface area (Å²) in [5, 5.41) is 0. The van der Waals surface area contributed by atoms with E-state index in [1.807, 2.05) is 0 Å². The first-order chi connectivity index (χ1) is 7.10. The Bertz CT molecular complexity index is 260. The van der Waals surface area contributed by atoms with E-state index in [2.05, 4.69) is 25.7 Å². The molecule has 0 heterocycles. The molecule has 0 bridgehead atoms. The van der Waals surface area contributed by atoms with Gasteiger partial charge in [0.25, 0.3) is 0 Å². The van der Waals surface area contributed by atoms with E-state index in [-0.39, 0.29) is 0 Å². The molecule has 0 aliphatic carbocycles. The van der Waals surface area contributed by atoms with Crippen molar-refractivity contribution in [2.24, 2.45) is 0 Å². The molecule has 0 aromatic carbocycles. The predicted octanol–water partition coefficient (Wildman–Crippen LogP) is 2.13. The molecule has 4 nitrogen and oxygen atoms in total. The first kappa shape index (κ1) is 18.0. The van der Waals surface area contributed by atoms with Gasteiger partial charge >= 0.3 is 15.6 Å². The molecular weight excluding hydrogens is 247 g/mol. The zero-order valence-electron chi connectivity index (χ0n) is 9.58. The molecule has 0 aliphatic heterocycles. The van der Waals surface area contributed by atoms with Gasteiger partial charge in [-0.2, -0.15) is 21.6 Å². The lowest BCUT2D eigenvalue weighted by molar-refractivity contribution is -0.0510. The molecule has 0 radical (unpaired) electrons. The van der Waals surface area contributed by atoms with Gasteiger partial charge in [0.15, 0.2) is 0 Å². The highest BCUT2D eigenvalue weighted by molar-refractivity contribution is 7.86. The fourth-order valence-corrected chi connectivity index (χ4v) is 0.856. The zero-order valence-corrected chi connectivity index (χ0v) is 10.4. The summed E-state index contributed by atoms with van der Waals surface area (Å²) in [4.78, 5) is 2.43. The van der Waals surface area contributed by atoms with Crippen molar-refractivity contribution < 1.29 is 26.1 Å². The van der Waals surface area contributed by atoms with E-state index < -0.39 is 15.6 Å². The largest absolute Gasteiger partial charge is 0.522 e. The number of halogens is 3. The summed E-state index contributed by atoms with van der Waals surface area (Å²) in [6, 6.07) is 0. The van der Waals surface area contributed by atoms with Crippen molar-refractivity contribution in [2.75, 3.05) is 19.6 Å². The molecule has 100 valence electrons. The van der Waals surface area contributed by atoms with Gasteiger partial charge in [0.1, 0.15) is 0 Å². The monoisotopic (exact) mass is 265 g/mol. The van der Waals surface area contributed by atoms with Gasteiger partial charge in [0.2, 0.25) is 0 Å². The molecule has 0 saturated carbocycles. The molecule has 0 saturated heterocycles. The smallest absolute Gasteiger partial charge is 0.304 e. The molecule has 1 N–H and O–H groups in total. The van der Waals surface area contributed by atoms with Crippen LogP contribution in [0, 0.1) is 0 Å². The van der Waals surface area contributed by atoms with Crippen molar-refractivity contribution in [1.29, 1.82) is 0 Å². The molecule has 0 aromatic heterocycles. The van der Waals surface area contributed by atoms with E-state index in [0.29, 0.717) is 0 Å². The Morgan fingerprint density at radius 1 is 1.12 bits per heavy atom. The van der Waals surface area contributed by atoms with E-state index in [0.717, 1.165) is 0 Å². The number of nitrogens with zero attached hydrogens (tertiary/aromatic N) is 1. The maximum Gasteiger partial charge on any atom is 0.522 e.